The highest BCUT2D eigenvalue weighted by atomic mass is 127. The molecule has 1 N–H and O–H groups in total. The van der Waals surface area contributed by atoms with E-state index in [0.717, 1.165) is 4.70 Å². The molecule has 1 aliphatic rings. The Labute approximate surface area is 182 Å². The van der Waals surface area contributed by atoms with E-state index in [0.29, 0.717) is 22.7 Å². The SMILES string of the molecule is [N-]=[N+]=N[C@]1(CI)OC(c2csc3c(Oc4ccccc4)ncnc23)[C@H](Cl)[C@@H]1O. The number of hydrogen-bond acceptors (Lipinski definition) is 7. The molecule has 2 aromatic heterocycles. The van der Waals surface area contributed by atoms with Gasteiger partial charge in [-0.3, -0.25) is 0 Å². The van der Waals surface area contributed by atoms with E-state index in [9.17, 15) is 5.11 Å². The van der Waals surface area contributed by atoms with Crippen molar-refractivity contribution in [3.05, 3.63) is 58.0 Å². The summed E-state index contributed by atoms with van der Waals surface area (Å²) in [5.41, 5.74) is 8.78. The Kier molecular flexibility index (Phi) is 5.59. The van der Waals surface area contributed by atoms with Crippen molar-refractivity contribution in [2.24, 2.45) is 5.11 Å². The first-order valence-electron chi connectivity index (χ1n) is 8.17. The Bertz CT molecular complexity index is 1050. The lowest BCUT2D eigenvalue weighted by molar-refractivity contribution is -0.0594. The lowest BCUT2D eigenvalue weighted by Gasteiger charge is -2.24. The summed E-state index contributed by atoms with van der Waals surface area (Å²) in [7, 11) is 0. The van der Waals surface area contributed by atoms with E-state index >= 15 is 0 Å². The Morgan fingerprint density at radius 3 is 2.89 bits per heavy atom. The van der Waals surface area contributed by atoms with Crippen LogP contribution in [0.2, 0.25) is 0 Å². The second-order valence-electron chi connectivity index (χ2n) is 6.06. The highest BCUT2D eigenvalue weighted by Gasteiger charge is 2.54. The predicted molar refractivity (Wildman–Crippen MR) is 114 cm³/mol. The number of hydrogen-bond donors (Lipinski definition) is 1. The highest BCUT2D eigenvalue weighted by Crippen LogP contribution is 2.48. The Balaban J connectivity index is 1.73. The maximum absolute atomic E-state index is 10.5. The summed E-state index contributed by atoms with van der Waals surface area (Å²) >= 11 is 9.86. The van der Waals surface area contributed by atoms with Gasteiger partial charge in [0.1, 0.15) is 29.0 Å². The van der Waals surface area contributed by atoms with Gasteiger partial charge in [0.05, 0.1) is 10.9 Å². The van der Waals surface area contributed by atoms with Crippen LogP contribution in [-0.4, -0.2) is 36.7 Å². The minimum atomic E-state index is -1.42. The number of benzene rings is 1. The smallest absolute Gasteiger partial charge is 0.240 e. The molecule has 0 aliphatic carbocycles. The summed E-state index contributed by atoms with van der Waals surface area (Å²) in [6.45, 7) is 0. The van der Waals surface area contributed by atoms with Crippen molar-refractivity contribution in [1.82, 2.24) is 9.97 Å². The Hall–Kier alpha value is -1.69. The van der Waals surface area contributed by atoms with E-state index in [4.69, 9.17) is 26.6 Å². The first kappa shape index (κ1) is 19.6. The highest BCUT2D eigenvalue weighted by molar-refractivity contribution is 14.1. The van der Waals surface area contributed by atoms with E-state index in [1.54, 1.807) is 0 Å². The standard InChI is InChI=1S/C17H13ClIN5O3S/c18-11-13(27-17(7-19,15(11)25)23-24-20)10-6-28-14-12(10)21-8-22-16(14)26-9-4-2-1-3-5-9/h1-6,8,11,13,15,25H,7H2/t11-,13?,15-,17+/m0/s1. The number of aliphatic hydroxyl groups excluding tert-OH is 1. The molecule has 28 heavy (non-hydrogen) atoms. The molecule has 0 bridgehead atoms. The summed E-state index contributed by atoms with van der Waals surface area (Å²) in [6.07, 6.45) is -0.432. The minimum absolute atomic E-state index is 0.259. The van der Waals surface area contributed by atoms with Gasteiger partial charge in [-0.25, -0.2) is 9.97 Å². The van der Waals surface area contributed by atoms with Crippen molar-refractivity contribution in [2.45, 2.75) is 23.3 Å². The summed E-state index contributed by atoms with van der Waals surface area (Å²) in [5.74, 6) is 1.08. The van der Waals surface area contributed by atoms with Crippen LogP contribution < -0.4 is 4.74 Å². The number of para-hydroxylation sites is 1. The number of rotatable bonds is 5. The fourth-order valence-corrected chi connectivity index (χ4v) is 5.16. The van der Waals surface area contributed by atoms with Gasteiger partial charge in [-0.15, -0.1) is 22.9 Å². The molecule has 3 heterocycles. The fourth-order valence-electron chi connectivity index (χ4n) is 3.02. The monoisotopic (exact) mass is 529 g/mol. The molecule has 0 amide bonds. The maximum Gasteiger partial charge on any atom is 0.240 e. The first-order valence-corrected chi connectivity index (χ1v) is 11.0. The molecule has 3 aromatic rings. The average molecular weight is 530 g/mol. The number of ether oxygens (including phenoxy) is 2. The Morgan fingerprint density at radius 1 is 1.39 bits per heavy atom. The van der Waals surface area contributed by atoms with Crippen molar-refractivity contribution in [1.29, 1.82) is 0 Å². The minimum Gasteiger partial charge on any atom is -0.437 e. The van der Waals surface area contributed by atoms with Gasteiger partial charge in [-0.05, 0) is 23.0 Å². The van der Waals surface area contributed by atoms with E-state index in [-0.39, 0.29) is 4.43 Å². The number of nitrogens with zero attached hydrogens (tertiary/aromatic N) is 5. The fraction of sp³-hybridized carbons (Fsp3) is 0.294. The zero-order valence-corrected chi connectivity index (χ0v) is 17.9. The molecule has 1 aromatic carbocycles. The second-order valence-corrected chi connectivity index (χ2v) is 8.20. The largest absolute Gasteiger partial charge is 0.437 e. The van der Waals surface area contributed by atoms with Crippen LogP contribution in [0.1, 0.15) is 11.7 Å². The molecule has 0 spiro atoms. The number of fused-ring (bicyclic) bond motifs is 1. The molecule has 4 rings (SSSR count). The summed E-state index contributed by atoms with van der Waals surface area (Å²) in [5, 5.41) is 15.3. The number of aliphatic hydroxyl groups is 1. The zero-order chi connectivity index (χ0) is 19.7. The molecule has 1 fully saturated rings. The van der Waals surface area contributed by atoms with E-state index in [1.807, 2.05) is 58.3 Å². The number of azide groups is 1. The molecule has 0 saturated carbocycles. The number of halogens is 2. The maximum atomic E-state index is 10.5. The third-order valence-corrected chi connectivity index (χ3v) is 6.94. The topological polar surface area (TPSA) is 113 Å². The van der Waals surface area contributed by atoms with Crippen LogP contribution >= 0.6 is 45.5 Å². The molecule has 11 heteroatoms. The van der Waals surface area contributed by atoms with E-state index in [1.165, 1.54) is 17.7 Å². The molecule has 0 radical (unpaired) electrons. The van der Waals surface area contributed by atoms with Crippen LogP contribution in [0.3, 0.4) is 0 Å². The van der Waals surface area contributed by atoms with Crippen molar-refractivity contribution in [2.75, 3.05) is 4.43 Å². The summed E-state index contributed by atoms with van der Waals surface area (Å²) in [6, 6.07) is 9.32. The van der Waals surface area contributed by atoms with Gasteiger partial charge >= 0.3 is 0 Å². The molecule has 1 aliphatic heterocycles. The van der Waals surface area contributed by atoms with Crippen molar-refractivity contribution in [3.63, 3.8) is 0 Å². The quantitative estimate of drug-likeness (QED) is 0.165. The number of aromatic nitrogens is 2. The van der Waals surface area contributed by atoms with Crippen LogP contribution in [0.25, 0.3) is 20.7 Å². The van der Waals surface area contributed by atoms with Crippen LogP contribution in [0.4, 0.5) is 0 Å². The number of thiophene rings is 1. The van der Waals surface area contributed by atoms with Crippen molar-refractivity contribution in [3.8, 4) is 11.6 Å². The molecular weight excluding hydrogens is 517 g/mol. The van der Waals surface area contributed by atoms with Crippen LogP contribution in [0.5, 0.6) is 11.6 Å². The number of alkyl halides is 2. The van der Waals surface area contributed by atoms with Gasteiger partial charge in [-0.2, -0.15) is 0 Å². The van der Waals surface area contributed by atoms with Gasteiger partial charge < -0.3 is 14.6 Å². The van der Waals surface area contributed by atoms with E-state index in [2.05, 4.69) is 20.0 Å². The second kappa shape index (κ2) is 7.97. The zero-order valence-electron chi connectivity index (χ0n) is 14.1. The van der Waals surface area contributed by atoms with Crippen LogP contribution in [0, 0.1) is 0 Å². The normalized spacial score (nSPS) is 26.9. The molecular formula is C17H13ClIN5O3S. The van der Waals surface area contributed by atoms with Crippen LogP contribution in [-0.2, 0) is 4.74 Å². The summed E-state index contributed by atoms with van der Waals surface area (Å²) < 4.78 is 12.8. The van der Waals surface area contributed by atoms with E-state index < -0.39 is 23.3 Å². The third-order valence-electron chi connectivity index (χ3n) is 4.40. The summed E-state index contributed by atoms with van der Waals surface area (Å²) in [4.78, 5) is 11.4. The molecule has 144 valence electrons. The average Bonchev–Trinajstić information content (AvgIpc) is 3.25. The lowest BCUT2D eigenvalue weighted by atomic mass is 10.0. The van der Waals surface area contributed by atoms with Crippen molar-refractivity contribution >= 4 is 55.7 Å². The molecule has 1 unspecified atom stereocenters. The van der Waals surface area contributed by atoms with Crippen LogP contribution in [0.15, 0.2) is 47.2 Å². The van der Waals surface area contributed by atoms with Gasteiger partial charge in [-0.1, -0.05) is 45.9 Å². The van der Waals surface area contributed by atoms with Gasteiger partial charge in [0.25, 0.3) is 0 Å². The van der Waals surface area contributed by atoms with Gasteiger partial charge in [0.15, 0.2) is 5.72 Å². The molecule has 1 saturated heterocycles. The third kappa shape index (κ3) is 3.30. The van der Waals surface area contributed by atoms with Gasteiger partial charge in [0, 0.05) is 14.9 Å². The predicted octanol–water partition coefficient (Wildman–Crippen LogP) is 4.96. The lowest BCUT2D eigenvalue weighted by Crippen LogP contribution is -2.41. The Morgan fingerprint density at radius 2 is 2.18 bits per heavy atom. The molecule has 4 atom stereocenters. The first-order chi connectivity index (χ1) is 13.6. The van der Waals surface area contributed by atoms with Crippen molar-refractivity contribution < 1.29 is 14.6 Å². The van der Waals surface area contributed by atoms with Gasteiger partial charge in [0.2, 0.25) is 5.88 Å². The molecule has 8 nitrogen and oxygen atoms in total.